The van der Waals surface area contributed by atoms with E-state index in [4.69, 9.17) is 17.3 Å². The number of aromatic hydroxyl groups is 1. The molecule has 9 nitrogen and oxygen atoms in total. The summed E-state index contributed by atoms with van der Waals surface area (Å²) in [6.07, 6.45) is 2.89. The second kappa shape index (κ2) is 7.41. The normalized spacial score (nSPS) is 26.2. The largest absolute Gasteiger partial charge is 0.508 e. The minimum Gasteiger partial charge on any atom is -0.508 e. The summed E-state index contributed by atoms with van der Waals surface area (Å²) in [6.45, 7) is 0. The van der Waals surface area contributed by atoms with Crippen molar-refractivity contribution >= 4 is 34.8 Å². The van der Waals surface area contributed by atoms with Gasteiger partial charge in [0.15, 0.2) is 11.4 Å². The molecule has 1 saturated carbocycles. The number of carbonyl (C=O) groups is 3. The number of hydrogen-bond acceptors (Lipinski definition) is 8. The van der Waals surface area contributed by atoms with Crippen LogP contribution in [-0.4, -0.2) is 48.5 Å². The molecule has 3 aliphatic rings. The van der Waals surface area contributed by atoms with E-state index >= 15 is 0 Å². The lowest BCUT2D eigenvalue weighted by Crippen LogP contribution is -2.58. The zero-order chi connectivity index (χ0) is 24.5. The number of nitrogens with zero attached hydrogens (tertiary/aromatic N) is 1. The number of hydrogen-bond donors (Lipinski definition) is 5. The molecule has 2 aromatic rings. The first kappa shape index (κ1) is 22.1. The standard InChI is InChI=1S/C24H19ClN2O7/c25-14-8-27-4-3-12(14)11-1-2-15(28)18-13(11)6-9-5-10-7-16(29)19(23(26)33)22(32)24(10,34)21(31)17(9)20(18)30/h1-4,8-10,28,30,32,34H,5-7H2,(H2,26,33)/t9-,10+,24+/m1/s1. The number of halogens is 1. The molecule has 34 heavy (non-hydrogen) atoms. The number of carbonyl (C=O) groups excluding carboxylic acids is 3. The lowest BCUT2D eigenvalue weighted by Gasteiger charge is -2.46. The molecule has 1 aromatic heterocycles. The molecule has 174 valence electrons. The van der Waals surface area contributed by atoms with Gasteiger partial charge in [-0.15, -0.1) is 0 Å². The minimum atomic E-state index is -2.59. The summed E-state index contributed by atoms with van der Waals surface area (Å²) in [4.78, 5) is 41.6. The van der Waals surface area contributed by atoms with Gasteiger partial charge in [-0.2, -0.15) is 0 Å². The van der Waals surface area contributed by atoms with Gasteiger partial charge in [0, 0.05) is 35.9 Å². The van der Waals surface area contributed by atoms with Crippen LogP contribution in [0.2, 0.25) is 5.02 Å². The SMILES string of the molecule is NC(=O)C1=C(O)[C@@]2(O)C(=O)C3=C(O)c4c(O)ccc(-c5ccncc5Cl)c4C[C@H]3C[C@H]2CC1=O. The van der Waals surface area contributed by atoms with Crippen molar-refractivity contribution in [3.05, 3.63) is 63.6 Å². The van der Waals surface area contributed by atoms with Crippen LogP contribution in [0.5, 0.6) is 5.75 Å². The van der Waals surface area contributed by atoms with E-state index in [2.05, 4.69) is 4.98 Å². The lowest BCUT2D eigenvalue weighted by molar-refractivity contribution is -0.147. The molecule has 3 aliphatic carbocycles. The molecule has 0 spiro atoms. The number of aliphatic hydroxyl groups excluding tert-OH is 2. The Kier molecular flexibility index (Phi) is 4.82. The van der Waals surface area contributed by atoms with Crippen molar-refractivity contribution in [2.45, 2.75) is 24.9 Å². The zero-order valence-electron chi connectivity index (χ0n) is 17.6. The van der Waals surface area contributed by atoms with Crippen molar-refractivity contribution in [1.82, 2.24) is 4.98 Å². The number of aromatic nitrogens is 1. The van der Waals surface area contributed by atoms with Gasteiger partial charge >= 0.3 is 0 Å². The average molecular weight is 483 g/mol. The highest BCUT2D eigenvalue weighted by Gasteiger charge is 2.60. The summed E-state index contributed by atoms with van der Waals surface area (Å²) >= 11 is 6.32. The van der Waals surface area contributed by atoms with Gasteiger partial charge < -0.3 is 26.2 Å². The fourth-order valence-electron chi connectivity index (χ4n) is 5.47. The monoisotopic (exact) mass is 482 g/mol. The van der Waals surface area contributed by atoms with Crippen LogP contribution in [0.25, 0.3) is 16.9 Å². The van der Waals surface area contributed by atoms with Crippen molar-refractivity contribution in [2.75, 3.05) is 0 Å². The number of phenolic OH excluding ortho intramolecular Hbond substituents is 1. The van der Waals surface area contributed by atoms with Crippen LogP contribution in [0.1, 0.15) is 24.0 Å². The summed E-state index contributed by atoms with van der Waals surface area (Å²) in [7, 11) is 0. The van der Waals surface area contributed by atoms with E-state index in [9.17, 15) is 34.8 Å². The first-order valence-corrected chi connectivity index (χ1v) is 10.9. The van der Waals surface area contributed by atoms with Crippen LogP contribution >= 0.6 is 11.6 Å². The van der Waals surface area contributed by atoms with Crippen molar-refractivity contribution in [3.63, 3.8) is 0 Å². The Morgan fingerprint density at radius 2 is 1.85 bits per heavy atom. The summed E-state index contributed by atoms with van der Waals surface area (Å²) in [5, 5.41) is 43.9. The third-order valence-corrected chi connectivity index (χ3v) is 7.31. The predicted molar refractivity (Wildman–Crippen MR) is 120 cm³/mol. The molecule has 1 fully saturated rings. The third kappa shape index (κ3) is 2.83. The Bertz CT molecular complexity index is 1380. The Morgan fingerprint density at radius 1 is 1.12 bits per heavy atom. The second-order valence-electron chi connectivity index (χ2n) is 8.75. The first-order chi connectivity index (χ1) is 16.1. The maximum atomic E-state index is 13.5. The molecule has 0 saturated heterocycles. The first-order valence-electron chi connectivity index (χ1n) is 10.5. The molecule has 1 aromatic carbocycles. The van der Waals surface area contributed by atoms with E-state index < -0.39 is 52.0 Å². The Labute approximate surface area is 197 Å². The van der Waals surface area contributed by atoms with Gasteiger partial charge in [-0.05, 0) is 42.0 Å². The van der Waals surface area contributed by atoms with Gasteiger partial charge in [-0.1, -0.05) is 17.7 Å². The van der Waals surface area contributed by atoms with Crippen LogP contribution < -0.4 is 5.73 Å². The van der Waals surface area contributed by atoms with Crippen molar-refractivity contribution in [2.24, 2.45) is 17.6 Å². The van der Waals surface area contributed by atoms with E-state index in [-0.39, 0.29) is 36.1 Å². The molecule has 0 radical (unpaired) electrons. The van der Waals surface area contributed by atoms with E-state index in [1.54, 1.807) is 18.3 Å². The molecule has 3 atom stereocenters. The van der Waals surface area contributed by atoms with Crippen LogP contribution in [0.15, 0.2) is 47.5 Å². The number of nitrogens with two attached hydrogens (primary N) is 1. The molecular formula is C24H19ClN2O7. The second-order valence-corrected chi connectivity index (χ2v) is 9.16. The zero-order valence-corrected chi connectivity index (χ0v) is 18.3. The fraction of sp³-hybridized carbons (Fsp3) is 0.250. The van der Waals surface area contributed by atoms with Gasteiger partial charge in [0.05, 0.1) is 10.6 Å². The third-order valence-electron chi connectivity index (χ3n) is 7.01. The maximum Gasteiger partial charge on any atom is 0.255 e. The van der Waals surface area contributed by atoms with Crippen molar-refractivity contribution in [1.29, 1.82) is 0 Å². The molecule has 0 unspecified atom stereocenters. The van der Waals surface area contributed by atoms with Gasteiger partial charge in [0.25, 0.3) is 5.91 Å². The van der Waals surface area contributed by atoms with Crippen LogP contribution in [0.3, 0.4) is 0 Å². The highest BCUT2D eigenvalue weighted by atomic mass is 35.5. The number of benzene rings is 1. The molecule has 0 aliphatic heterocycles. The van der Waals surface area contributed by atoms with Gasteiger partial charge in [0.2, 0.25) is 5.78 Å². The highest BCUT2D eigenvalue weighted by Crippen LogP contribution is 2.53. The number of ketones is 2. The number of amides is 1. The molecule has 1 amide bonds. The molecule has 5 rings (SSSR count). The van der Waals surface area contributed by atoms with E-state index in [0.717, 1.165) is 0 Å². The molecule has 6 N–H and O–H groups in total. The average Bonchev–Trinajstić information content (AvgIpc) is 2.77. The van der Waals surface area contributed by atoms with Crippen LogP contribution in [0, 0.1) is 11.8 Å². The van der Waals surface area contributed by atoms with E-state index in [1.165, 1.54) is 12.3 Å². The Morgan fingerprint density at radius 3 is 2.53 bits per heavy atom. The number of aliphatic hydroxyl groups is 3. The smallest absolute Gasteiger partial charge is 0.255 e. The Hall–Kier alpha value is -3.69. The molecular weight excluding hydrogens is 464 g/mol. The van der Waals surface area contributed by atoms with Crippen molar-refractivity contribution < 1.29 is 34.8 Å². The fourth-order valence-corrected chi connectivity index (χ4v) is 5.69. The van der Waals surface area contributed by atoms with E-state index in [0.29, 0.717) is 21.7 Å². The quantitative estimate of drug-likeness (QED) is 0.405. The lowest BCUT2D eigenvalue weighted by atomic mass is 9.59. The molecule has 10 heteroatoms. The number of Topliss-reactive ketones (excluding diaryl/α,β-unsaturated/α-hetero) is 2. The number of fused-ring (bicyclic) bond motifs is 3. The number of pyridine rings is 1. The number of phenols is 1. The summed E-state index contributed by atoms with van der Waals surface area (Å²) in [6, 6.07) is 4.69. The maximum absolute atomic E-state index is 13.5. The van der Waals surface area contributed by atoms with Crippen molar-refractivity contribution in [3.8, 4) is 16.9 Å². The number of rotatable bonds is 2. The summed E-state index contributed by atoms with van der Waals surface area (Å²) < 4.78 is 0. The van der Waals surface area contributed by atoms with Gasteiger partial charge in [-0.25, -0.2) is 0 Å². The Balaban J connectivity index is 1.73. The topological polar surface area (TPSA) is 171 Å². The highest BCUT2D eigenvalue weighted by molar-refractivity contribution is 6.33. The number of primary amides is 1. The van der Waals surface area contributed by atoms with Crippen LogP contribution in [-0.2, 0) is 20.8 Å². The van der Waals surface area contributed by atoms with Crippen LogP contribution in [0.4, 0.5) is 0 Å². The summed E-state index contributed by atoms with van der Waals surface area (Å²) in [5.74, 6) is -6.63. The molecule has 1 heterocycles. The predicted octanol–water partition coefficient (Wildman–Crippen LogP) is 2.14. The van der Waals surface area contributed by atoms with Gasteiger partial charge in [0.1, 0.15) is 22.8 Å². The minimum absolute atomic E-state index is 0.0116. The van der Waals surface area contributed by atoms with E-state index in [1.807, 2.05) is 0 Å². The van der Waals surface area contributed by atoms with Gasteiger partial charge in [-0.3, -0.25) is 19.4 Å². The summed E-state index contributed by atoms with van der Waals surface area (Å²) in [5.41, 5.74) is 3.38. The molecule has 0 bridgehead atoms.